The molecule has 0 aliphatic heterocycles. The van der Waals surface area contributed by atoms with Crippen LogP contribution in [0.15, 0.2) is 42.0 Å². The maximum absolute atomic E-state index is 12.0. The molecular weight excluding hydrogens is 274 g/mol. The number of anilines is 1. The van der Waals surface area contributed by atoms with E-state index >= 15 is 0 Å². The van der Waals surface area contributed by atoms with Gasteiger partial charge in [0.15, 0.2) is 0 Å². The molecule has 0 aliphatic carbocycles. The van der Waals surface area contributed by atoms with Crippen molar-refractivity contribution in [1.29, 1.82) is 0 Å². The highest BCUT2D eigenvalue weighted by Crippen LogP contribution is 2.22. The maximum atomic E-state index is 12.0. The highest BCUT2D eigenvalue weighted by Gasteiger charge is 2.18. The van der Waals surface area contributed by atoms with Crippen molar-refractivity contribution in [2.75, 3.05) is 5.32 Å². The number of aromatic nitrogens is 1. The number of hydrogen-bond donors (Lipinski definition) is 2. The number of carbonyl (C=O) groups is 2. The van der Waals surface area contributed by atoms with Gasteiger partial charge >= 0.3 is 0 Å². The molecule has 1 atom stereocenters. The molecule has 0 aromatic carbocycles. The van der Waals surface area contributed by atoms with Crippen LogP contribution in [0, 0.1) is 0 Å². The largest absolute Gasteiger partial charge is 0.348 e. The van der Waals surface area contributed by atoms with E-state index in [-0.39, 0.29) is 24.3 Å². The third-order valence-corrected chi connectivity index (χ3v) is 3.60. The molecule has 0 aliphatic rings. The van der Waals surface area contributed by atoms with E-state index in [4.69, 9.17) is 0 Å². The van der Waals surface area contributed by atoms with Gasteiger partial charge in [-0.25, -0.2) is 0 Å². The summed E-state index contributed by atoms with van der Waals surface area (Å²) in [5, 5.41) is 7.50. The Labute approximate surface area is 121 Å². The lowest BCUT2D eigenvalue weighted by atomic mass is 10.1. The molecule has 2 N–H and O–H groups in total. The second-order valence-electron chi connectivity index (χ2n) is 4.26. The van der Waals surface area contributed by atoms with Gasteiger partial charge in [0.2, 0.25) is 11.8 Å². The number of pyridine rings is 1. The van der Waals surface area contributed by atoms with Crippen LogP contribution in [0.4, 0.5) is 5.69 Å². The lowest BCUT2D eigenvalue weighted by molar-refractivity contribution is -0.120. The highest BCUT2D eigenvalue weighted by atomic mass is 32.1. The summed E-state index contributed by atoms with van der Waals surface area (Å²) < 4.78 is 0. The van der Waals surface area contributed by atoms with Crippen LogP contribution in [0.5, 0.6) is 0 Å². The molecule has 6 heteroatoms. The number of nitrogens with zero attached hydrogens (tertiary/aromatic N) is 1. The molecule has 2 heterocycles. The van der Waals surface area contributed by atoms with Crippen molar-refractivity contribution >= 4 is 28.8 Å². The second kappa shape index (κ2) is 6.81. The van der Waals surface area contributed by atoms with E-state index in [9.17, 15) is 9.59 Å². The van der Waals surface area contributed by atoms with E-state index in [1.165, 1.54) is 18.3 Å². The summed E-state index contributed by atoms with van der Waals surface area (Å²) in [6.45, 7) is 1.45. The molecule has 0 saturated heterocycles. The summed E-state index contributed by atoms with van der Waals surface area (Å²) in [7, 11) is 0. The lowest BCUT2D eigenvalue weighted by Crippen LogP contribution is -2.29. The first kappa shape index (κ1) is 14.2. The Morgan fingerprint density at radius 1 is 1.30 bits per heavy atom. The normalized spacial score (nSPS) is 11.7. The summed E-state index contributed by atoms with van der Waals surface area (Å²) in [6.07, 6.45) is 3.42. The number of rotatable bonds is 5. The van der Waals surface area contributed by atoms with Gasteiger partial charge in [0.25, 0.3) is 0 Å². The molecule has 1 unspecified atom stereocenters. The first-order valence-corrected chi connectivity index (χ1v) is 7.03. The summed E-state index contributed by atoms with van der Waals surface area (Å²) in [4.78, 5) is 28.1. The summed E-state index contributed by atoms with van der Waals surface area (Å²) in [5.74, 6) is -0.302. The van der Waals surface area contributed by atoms with Crippen LogP contribution in [-0.2, 0) is 9.59 Å². The third-order valence-electron chi connectivity index (χ3n) is 2.62. The van der Waals surface area contributed by atoms with Gasteiger partial charge < -0.3 is 10.6 Å². The fourth-order valence-corrected chi connectivity index (χ4v) is 2.57. The number of carbonyl (C=O) groups excluding carboxylic acids is 2. The molecule has 2 rings (SSSR count). The van der Waals surface area contributed by atoms with E-state index in [1.807, 2.05) is 17.5 Å². The summed E-state index contributed by atoms with van der Waals surface area (Å²) in [5.41, 5.74) is 0.692. The predicted molar refractivity (Wildman–Crippen MR) is 78.4 cm³/mol. The van der Waals surface area contributed by atoms with E-state index in [1.54, 1.807) is 24.5 Å². The third kappa shape index (κ3) is 4.17. The van der Waals surface area contributed by atoms with Crippen molar-refractivity contribution in [1.82, 2.24) is 10.3 Å². The fourth-order valence-electron chi connectivity index (χ4n) is 1.79. The summed E-state index contributed by atoms with van der Waals surface area (Å²) >= 11 is 1.52. The van der Waals surface area contributed by atoms with Gasteiger partial charge in [-0.3, -0.25) is 14.6 Å². The smallest absolute Gasteiger partial charge is 0.226 e. The van der Waals surface area contributed by atoms with Crippen molar-refractivity contribution in [3.05, 3.63) is 46.9 Å². The molecule has 0 fully saturated rings. The number of hydrogen-bond acceptors (Lipinski definition) is 4. The number of nitrogens with one attached hydrogen (secondary N) is 2. The fraction of sp³-hybridized carbons (Fsp3) is 0.214. The maximum Gasteiger partial charge on any atom is 0.226 e. The minimum Gasteiger partial charge on any atom is -0.348 e. The SMILES string of the molecule is CC(=O)NC(CC(=O)Nc1ccncc1)c1cccs1. The molecule has 0 bridgehead atoms. The molecule has 2 aromatic heterocycles. The van der Waals surface area contributed by atoms with Gasteiger partial charge in [-0.15, -0.1) is 11.3 Å². The standard InChI is InChI=1S/C14H15N3O2S/c1-10(18)16-12(13-3-2-8-20-13)9-14(19)17-11-4-6-15-7-5-11/h2-8,12H,9H2,1H3,(H,16,18)(H,15,17,19). The molecular formula is C14H15N3O2S. The zero-order valence-electron chi connectivity index (χ0n) is 11.0. The summed E-state index contributed by atoms with van der Waals surface area (Å²) in [6, 6.07) is 6.95. The van der Waals surface area contributed by atoms with Crippen LogP contribution < -0.4 is 10.6 Å². The van der Waals surface area contributed by atoms with E-state index < -0.39 is 0 Å². The monoisotopic (exact) mass is 289 g/mol. The van der Waals surface area contributed by atoms with Crippen LogP contribution in [0.25, 0.3) is 0 Å². The Kier molecular flexibility index (Phi) is 4.84. The van der Waals surface area contributed by atoms with Crippen LogP contribution in [0.2, 0.25) is 0 Å². The van der Waals surface area contributed by atoms with Gasteiger partial charge in [0.1, 0.15) is 0 Å². The van der Waals surface area contributed by atoms with E-state index in [2.05, 4.69) is 15.6 Å². The number of thiophene rings is 1. The van der Waals surface area contributed by atoms with Crippen LogP contribution in [0.3, 0.4) is 0 Å². The van der Waals surface area contributed by atoms with Gasteiger partial charge in [0.05, 0.1) is 12.5 Å². The van der Waals surface area contributed by atoms with Crippen molar-refractivity contribution in [3.8, 4) is 0 Å². The molecule has 20 heavy (non-hydrogen) atoms. The minimum absolute atomic E-state index is 0.150. The van der Waals surface area contributed by atoms with Crippen LogP contribution >= 0.6 is 11.3 Å². The Bertz CT molecular complexity index is 569. The lowest BCUT2D eigenvalue weighted by Gasteiger charge is -2.16. The average Bonchev–Trinajstić information content (AvgIpc) is 2.92. The quantitative estimate of drug-likeness (QED) is 0.887. The topological polar surface area (TPSA) is 71.1 Å². The first-order valence-electron chi connectivity index (χ1n) is 6.15. The van der Waals surface area contributed by atoms with Gasteiger partial charge in [-0.1, -0.05) is 6.07 Å². The van der Waals surface area contributed by atoms with Crippen LogP contribution in [0.1, 0.15) is 24.3 Å². The molecule has 5 nitrogen and oxygen atoms in total. The molecule has 0 spiro atoms. The zero-order chi connectivity index (χ0) is 14.4. The average molecular weight is 289 g/mol. The highest BCUT2D eigenvalue weighted by molar-refractivity contribution is 7.10. The molecule has 0 radical (unpaired) electrons. The van der Waals surface area contributed by atoms with Crippen LogP contribution in [-0.4, -0.2) is 16.8 Å². The molecule has 2 amide bonds. The minimum atomic E-state index is -0.297. The Morgan fingerprint density at radius 3 is 2.65 bits per heavy atom. The van der Waals surface area contributed by atoms with Gasteiger partial charge in [-0.05, 0) is 23.6 Å². The van der Waals surface area contributed by atoms with E-state index in [0.717, 1.165) is 4.88 Å². The van der Waals surface area contributed by atoms with Crippen molar-refractivity contribution in [2.45, 2.75) is 19.4 Å². The predicted octanol–water partition coefficient (Wildman–Crippen LogP) is 2.35. The Balaban J connectivity index is 2.00. The second-order valence-corrected chi connectivity index (χ2v) is 5.24. The molecule has 0 saturated carbocycles. The molecule has 2 aromatic rings. The van der Waals surface area contributed by atoms with Gasteiger partial charge in [-0.2, -0.15) is 0 Å². The molecule has 104 valence electrons. The van der Waals surface area contributed by atoms with Crippen molar-refractivity contribution < 1.29 is 9.59 Å². The number of amides is 2. The van der Waals surface area contributed by atoms with Gasteiger partial charge in [0, 0.05) is 29.9 Å². The first-order chi connectivity index (χ1) is 9.65. The van der Waals surface area contributed by atoms with Crippen molar-refractivity contribution in [2.24, 2.45) is 0 Å². The zero-order valence-corrected chi connectivity index (χ0v) is 11.8. The Hall–Kier alpha value is -2.21. The van der Waals surface area contributed by atoms with E-state index in [0.29, 0.717) is 5.69 Å². The Morgan fingerprint density at radius 2 is 2.05 bits per heavy atom. The van der Waals surface area contributed by atoms with Crippen molar-refractivity contribution in [3.63, 3.8) is 0 Å².